The van der Waals surface area contributed by atoms with Gasteiger partial charge in [0.1, 0.15) is 5.69 Å². The molecule has 0 spiro atoms. The molecule has 4 nitrogen and oxygen atoms in total. The van der Waals surface area contributed by atoms with Crippen LogP contribution in [0.15, 0.2) is 22.8 Å². The third kappa shape index (κ3) is 1.08. The minimum atomic E-state index is 0.839. The van der Waals surface area contributed by atoms with Gasteiger partial charge in [-0.05, 0) is 12.1 Å². The molecule has 3 rings (SSSR count). The van der Waals surface area contributed by atoms with Gasteiger partial charge in [0.15, 0.2) is 5.76 Å². The topological polar surface area (TPSA) is 53.9 Å². The largest absolute Gasteiger partial charge is 0.463 e. The highest BCUT2D eigenvalue weighted by Gasteiger charge is 2.18. The zero-order chi connectivity index (χ0) is 9.38. The van der Waals surface area contributed by atoms with E-state index < -0.39 is 0 Å². The van der Waals surface area contributed by atoms with Crippen LogP contribution in [0.25, 0.3) is 11.5 Å². The molecule has 0 aromatic carbocycles. The normalized spacial score (nSPS) is 15.4. The SMILES string of the molecule is c1coc(-c2n[nH]c3c2CNCC3)c1. The molecule has 1 aliphatic rings. The van der Waals surface area contributed by atoms with Crippen molar-refractivity contribution in [1.82, 2.24) is 15.5 Å². The second kappa shape index (κ2) is 2.99. The molecule has 14 heavy (non-hydrogen) atoms. The number of nitrogens with one attached hydrogen (secondary N) is 2. The van der Waals surface area contributed by atoms with Crippen molar-refractivity contribution >= 4 is 0 Å². The number of hydrogen-bond acceptors (Lipinski definition) is 3. The zero-order valence-corrected chi connectivity index (χ0v) is 7.71. The van der Waals surface area contributed by atoms with Crippen LogP contribution in [0.5, 0.6) is 0 Å². The zero-order valence-electron chi connectivity index (χ0n) is 7.71. The Labute approximate surface area is 81.3 Å². The molecule has 0 aliphatic carbocycles. The number of aromatic amines is 1. The molecule has 2 N–H and O–H groups in total. The summed E-state index contributed by atoms with van der Waals surface area (Å²) in [4.78, 5) is 0. The summed E-state index contributed by atoms with van der Waals surface area (Å²) < 4.78 is 5.33. The van der Waals surface area contributed by atoms with Crippen LogP contribution in [-0.2, 0) is 13.0 Å². The molecule has 3 heterocycles. The van der Waals surface area contributed by atoms with Gasteiger partial charge in [-0.25, -0.2) is 0 Å². The lowest BCUT2D eigenvalue weighted by atomic mass is 10.1. The predicted molar refractivity (Wildman–Crippen MR) is 51.7 cm³/mol. The fourth-order valence-corrected chi connectivity index (χ4v) is 1.84. The van der Waals surface area contributed by atoms with E-state index >= 15 is 0 Å². The van der Waals surface area contributed by atoms with Gasteiger partial charge in [0.2, 0.25) is 0 Å². The van der Waals surface area contributed by atoms with E-state index in [9.17, 15) is 0 Å². The van der Waals surface area contributed by atoms with Gasteiger partial charge >= 0.3 is 0 Å². The number of nitrogens with zero attached hydrogens (tertiary/aromatic N) is 1. The molecule has 0 atom stereocenters. The van der Waals surface area contributed by atoms with Gasteiger partial charge in [-0.1, -0.05) is 0 Å². The van der Waals surface area contributed by atoms with Crippen molar-refractivity contribution in [3.8, 4) is 11.5 Å². The Morgan fingerprint density at radius 1 is 1.43 bits per heavy atom. The van der Waals surface area contributed by atoms with Crippen molar-refractivity contribution in [3.63, 3.8) is 0 Å². The molecule has 0 saturated heterocycles. The first kappa shape index (κ1) is 7.82. The smallest absolute Gasteiger partial charge is 0.154 e. The summed E-state index contributed by atoms with van der Waals surface area (Å²) in [5, 5.41) is 10.7. The van der Waals surface area contributed by atoms with Crippen molar-refractivity contribution in [2.45, 2.75) is 13.0 Å². The van der Waals surface area contributed by atoms with Crippen molar-refractivity contribution < 1.29 is 4.42 Å². The second-order valence-electron chi connectivity index (χ2n) is 3.43. The number of hydrogen-bond donors (Lipinski definition) is 2. The van der Waals surface area contributed by atoms with E-state index in [1.165, 1.54) is 11.3 Å². The van der Waals surface area contributed by atoms with E-state index in [1.54, 1.807) is 6.26 Å². The second-order valence-corrected chi connectivity index (χ2v) is 3.43. The lowest BCUT2D eigenvalue weighted by Gasteiger charge is -2.11. The first-order valence-corrected chi connectivity index (χ1v) is 4.76. The number of furan rings is 1. The summed E-state index contributed by atoms with van der Waals surface area (Å²) in [5.74, 6) is 0.839. The molecule has 4 heteroatoms. The van der Waals surface area contributed by atoms with Crippen molar-refractivity contribution in [2.24, 2.45) is 0 Å². The fraction of sp³-hybridized carbons (Fsp3) is 0.300. The van der Waals surface area contributed by atoms with Crippen LogP contribution in [-0.4, -0.2) is 16.7 Å². The summed E-state index contributed by atoms with van der Waals surface area (Å²) in [6.07, 6.45) is 2.69. The van der Waals surface area contributed by atoms with Crippen molar-refractivity contribution in [3.05, 3.63) is 29.7 Å². The van der Waals surface area contributed by atoms with Crippen LogP contribution in [0, 0.1) is 0 Å². The lowest BCUT2D eigenvalue weighted by Crippen LogP contribution is -2.23. The molecule has 0 unspecified atom stereocenters. The molecular formula is C10H11N3O. The molecule has 2 aromatic heterocycles. The summed E-state index contributed by atoms with van der Waals surface area (Å²) in [5.41, 5.74) is 3.42. The third-order valence-electron chi connectivity index (χ3n) is 2.56. The molecule has 0 bridgehead atoms. The number of fused-ring (bicyclic) bond motifs is 1. The highest BCUT2D eigenvalue weighted by molar-refractivity contribution is 5.58. The van der Waals surface area contributed by atoms with Crippen LogP contribution < -0.4 is 5.32 Å². The molecular weight excluding hydrogens is 178 g/mol. The molecule has 0 amide bonds. The molecule has 1 aliphatic heterocycles. The van der Waals surface area contributed by atoms with E-state index in [1.807, 2.05) is 12.1 Å². The maximum absolute atomic E-state index is 5.33. The summed E-state index contributed by atoms with van der Waals surface area (Å²) >= 11 is 0. The van der Waals surface area contributed by atoms with E-state index in [0.717, 1.165) is 31.0 Å². The van der Waals surface area contributed by atoms with Crippen LogP contribution >= 0.6 is 0 Å². The Morgan fingerprint density at radius 3 is 3.29 bits per heavy atom. The van der Waals surface area contributed by atoms with Gasteiger partial charge in [0, 0.05) is 30.8 Å². The minimum absolute atomic E-state index is 0.839. The van der Waals surface area contributed by atoms with E-state index in [-0.39, 0.29) is 0 Å². The number of rotatable bonds is 1. The van der Waals surface area contributed by atoms with Crippen molar-refractivity contribution in [2.75, 3.05) is 6.54 Å². The van der Waals surface area contributed by atoms with Crippen LogP contribution in [0.1, 0.15) is 11.3 Å². The van der Waals surface area contributed by atoms with E-state index in [2.05, 4.69) is 15.5 Å². The van der Waals surface area contributed by atoms with Gasteiger partial charge in [-0.15, -0.1) is 0 Å². The van der Waals surface area contributed by atoms with Gasteiger partial charge in [0.05, 0.1) is 6.26 Å². The Balaban J connectivity index is 2.11. The number of H-pyrrole nitrogens is 1. The number of aromatic nitrogens is 2. The maximum Gasteiger partial charge on any atom is 0.154 e. The predicted octanol–water partition coefficient (Wildman–Crippen LogP) is 1.32. The average molecular weight is 189 g/mol. The first-order valence-electron chi connectivity index (χ1n) is 4.76. The Morgan fingerprint density at radius 2 is 2.43 bits per heavy atom. The standard InChI is InChI=1S/C10H11N3O/c1-2-9(14-5-1)10-7-6-11-4-3-8(7)12-13-10/h1-2,5,11H,3-4,6H2,(H,12,13). The summed E-state index contributed by atoms with van der Waals surface area (Å²) in [6.45, 7) is 1.90. The summed E-state index contributed by atoms with van der Waals surface area (Å²) in [6, 6.07) is 3.82. The molecule has 72 valence electrons. The average Bonchev–Trinajstić information content (AvgIpc) is 2.85. The van der Waals surface area contributed by atoms with Gasteiger partial charge in [-0.3, -0.25) is 5.10 Å². The van der Waals surface area contributed by atoms with Gasteiger partial charge in [0.25, 0.3) is 0 Å². The van der Waals surface area contributed by atoms with Gasteiger partial charge < -0.3 is 9.73 Å². The highest BCUT2D eigenvalue weighted by Crippen LogP contribution is 2.25. The van der Waals surface area contributed by atoms with Crippen LogP contribution in [0.4, 0.5) is 0 Å². The lowest BCUT2D eigenvalue weighted by molar-refractivity contribution is 0.577. The first-order chi connectivity index (χ1) is 6.95. The molecule has 2 aromatic rings. The highest BCUT2D eigenvalue weighted by atomic mass is 16.3. The molecule has 0 radical (unpaired) electrons. The Kier molecular flexibility index (Phi) is 1.67. The van der Waals surface area contributed by atoms with Crippen LogP contribution in [0.2, 0.25) is 0 Å². The Hall–Kier alpha value is -1.55. The van der Waals surface area contributed by atoms with Crippen molar-refractivity contribution in [1.29, 1.82) is 0 Å². The fourth-order valence-electron chi connectivity index (χ4n) is 1.84. The Bertz CT molecular complexity index is 430. The van der Waals surface area contributed by atoms with Crippen LogP contribution in [0.3, 0.4) is 0 Å². The minimum Gasteiger partial charge on any atom is -0.463 e. The summed E-state index contributed by atoms with van der Waals surface area (Å²) in [7, 11) is 0. The van der Waals surface area contributed by atoms with E-state index in [4.69, 9.17) is 4.42 Å². The van der Waals surface area contributed by atoms with E-state index in [0.29, 0.717) is 0 Å². The van der Waals surface area contributed by atoms with Gasteiger partial charge in [-0.2, -0.15) is 5.10 Å². The molecule has 0 fully saturated rings. The maximum atomic E-state index is 5.33. The quantitative estimate of drug-likeness (QED) is 0.711. The molecule has 0 saturated carbocycles. The monoisotopic (exact) mass is 189 g/mol. The third-order valence-corrected chi connectivity index (χ3v) is 2.56.